The molecule has 0 aliphatic heterocycles. The summed E-state index contributed by atoms with van der Waals surface area (Å²) < 4.78 is 31.7. The van der Waals surface area contributed by atoms with Gasteiger partial charge in [0, 0.05) is 18.5 Å². The van der Waals surface area contributed by atoms with E-state index in [1.807, 2.05) is 66.7 Å². The van der Waals surface area contributed by atoms with Crippen molar-refractivity contribution in [1.29, 1.82) is 0 Å². The number of alkyl halides is 3. The maximum atomic E-state index is 13.2. The predicted octanol–water partition coefficient (Wildman–Crippen LogP) is 2.35. The number of aliphatic carboxylic acids is 1. The van der Waals surface area contributed by atoms with Crippen LogP contribution < -0.4 is 27.8 Å². The second-order valence-electron chi connectivity index (χ2n) is 9.38. The molecule has 3 aromatic rings. The maximum absolute atomic E-state index is 13.2. The van der Waals surface area contributed by atoms with Crippen LogP contribution in [-0.2, 0) is 20.8 Å². The Kier molecular flexibility index (Phi) is 13.4. The third kappa shape index (κ3) is 12.2. The maximum Gasteiger partial charge on any atom is 0.490 e. The summed E-state index contributed by atoms with van der Waals surface area (Å²) in [6.45, 7) is 0.286. The lowest BCUT2D eigenvalue weighted by molar-refractivity contribution is -0.192. The molecule has 3 rings (SSSR count). The Labute approximate surface area is 251 Å². The number of hydrogen-bond acceptors (Lipinski definition) is 5. The van der Waals surface area contributed by atoms with Crippen molar-refractivity contribution in [3.8, 4) is 11.1 Å². The Morgan fingerprint density at radius 1 is 0.795 bits per heavy atom. The highest BCUT2D eigenvalue weighted by molar-refractivity contribution is 5.99. The molecule has 0 aliphatic carbocycles. The molecule has 0 radical (unpaired) electrons. The molecule has 14 heteroatoms. The molecule has 9 N–H and O–H groups in total. The minimum Gasteiger partial charge on any atom is -0.475 e. The van der Waals surface area contributed by atoms with Crippen molar-refractivity contribution in [2.75, 3.05) is 6.54 Å². The van der Waals surface area contributed by atoms with E-state index in [-0.39, 0.29) is 25.3 Å². The number of nitrogens with zero attached hydrogens (tertiary/aromatic N) is 1. The van der Waals surface area contributed by atoms with Crippen LogP contribution in [0, 0.1) is 0 Å². The van der Waals surface area contributed by atoms with Crippen LogP contribution in [0.1, 0.15) is 28.8 Å². The van der Waals surface area contributed by atoms with Gasteiger partial charge in [0.05, 0.1) is 0 Å². The van der Waals surface area contributed by atoms with Crippen molar-refractivity contribution >= 4 is 29.7 Å². The number of halogens is 3. The van der Waals surface area contributed by atoms with E-state index in [2.05, 4.69) is 15.6 Å². The molecule has 0 fully saturated rings. The number of hydrogen-bond donors (Lipinski definition) is 6. The molecule has 2 atom stereocenters. The van der Waals surface area contributed by atoms with E-state index in [4.69, 9.17) is 27.1 Å². The fraction of sp³-hybridized carbons (Fsp3) is 0.233. The zero-order chi connectivity index (χ0) is 32.7. The van der Waals surface area contributed by atoms with Crippen LogP contribution in [0.5, 0.6) is 0 Å². The molecule has 0 saturated heterocycles. The summed E-state index contributed by atoms with van der Waals surface area (Å²) in [6, 6.07) is 24.2. The van der Waals surface area contributed by atoms with E-state index < -0.39 is 42.0 Å². The number of guanidine groups is 1. The summed E-state index contributed by atoms with van der Waals surface area (Å²) in [5.41, 5.74) is 19.4. The molecular weight excluding hydrogens is 581 g/mol. The van der Waals surface area contributed by atoms with Gasteiger partial charge in [-0.2, -0.15) is 13.2 Å². The van der Waals surface area contributed by atoms with E-state index in [1.165, 1.54) is 0 Å². The van der Waals surface area contributed by atoms with Gasteiger partial charge in [-0.05, 0) is 41.7 Å². The van der Waals surface area contributed by atoms with Gasteiger partial charge in [-0.25, -0.2) is 4.79 Å². The summed E-state index contributed by atoms with van der Waals surface area (Å²) in [5.74, 6) is -4.42. The quantitative estimate of drug-likeness (QED) is 0.102. The number of nitrogens with two attached hydrogens (primary N) is 3. The lowest BCUT2D eigenvalue weighted by atomic mass is 10.0. The van der Waals surface area contributed by atoms with E-state index in [0.717, 1.165) is 16.7 Å². The zero-order valence-corrected chi connectivity index (χ0v) is 23.5. The first-order valence-corrected chi connectivity index (χ1v) is 13.2. The van der Waals surface area contributed by atoms with E-state index in [1.54, 1.807) is 18.2 Å². The van der Waals surface area contributed by atoms with Gasteiger partial charge in [-0.1, -0.05) is 72.8 Å². The average Bonchev–Trinajstić information content (AvgIpc) is 2.99. The topological polar surface area (TPSA) is 203 Å². The lowest BCUT2D eigenvalue weighted by Crippen LogP contribution is -2.53. The largest absolute Gasteiger partial charge is 0.490 e. The van der Waals surface area contributed by atoms with Gasteiger partial charge < -0.3 is 32.9 Å². The lowest BCUT2D eigenvalue weighted by Gasteiger charge is -2.22. The summed E-state index contributed by atoms with van der Waals surface area (Å²) in [4.78, 5) is 51.3. The number of carbonyl (C=O) groups is 4. The highest BCUT2D eigenvalue weighted by Gasteiger charge is 2.38. The molecule has 0 unspecified atom stereocenters. The molecule has 44 heavy (non-hydrogen) atoms. The van der Waals surface area contributed by atoms with Gasteiger partial charge in [0.25, 0.3) is 5.91 Å². The molecule has 0 bridgehead atoms. The number of carbonyl (C=O) groups excluding carboxylic acids is 3. The minimum absolute atomic E-state index is 0.0561. The first-order chi connectivity index (χ1) is 20.8. The highest BCUT2D eigenvalue weighted by atomic mass is 19.4. The second-order valence-corrected chi connectivity index (χ2v) is 9.38. The SMILES string of the molecule is NC(=O)[C@H](Cc1ccccc1)NC(=O)[C@H](CCCN=C(N)N)NC(=O)c1cccc(-c2ccccc2)c1.O=C(O)C(F)(F)F. The second kappa shape index (κ2) is 16.9. The van der Waals surface area contributed by atoms with E-state index in [0.29, 0.717) is 12.0 Å². The van der Waals surface area contributed by atoms with Crippen LogP contribution in [0.4, 0.5) is 13.2 Å². The Balaban J connectivity index is 0.000000860. The normalized spacial score (nSPS) is 12.0. The first-order valence-electron chi connectivity index (χ1n) is 13.2. The number of nitrogens with one attached hydrogen (secondary N) is 2. The van der Waals surface area contributed by atoms with Crippen LogP contribution in [0.2, 0.25) is 0 Å². The van der Waals surface area contributed by atoms with E-state index >= 15 is 0 Å². The zero-order valence-electron chi connectivity index (χ0n) is 23.5. The molecular formula is C30H33F3N6O5. The molecule has 0 spiro atoms. The Morgan fingerprint density at radius 2 is 1.36 bits per heavy atom. The Hall–Kier alpha value is -5.40. The molecule has 234 valence electrons. The van der Waals surface area contributed by atoms with Crippen molar-refractivity contribution in [2.45, 2.75) is 37.5 Å². The van der Waals surface area contributed by atoms with Gasteiger partial charge in [0.15, 0.2) is 5.96 Å². The van der Waals surface area contributed by atoms with Gasteiger partial charge >= 0.3 is 12.1 Å². The number of primary amides is 1. The third-order valence-corrected chi connectivity index (χ3v) is 5.98. The number of carboxylic acids is 1. The molecule has 3 aromatic carbocycles. The summed E-state index contributed by atoms with van der Waals surface area (Å²) in [5, 5.41) is 12.6. The fourth-order valence-electron chi connectivity index (χ4n) is 3.83. The molecule has 0 heterocycles. The summed E-state index contributed by atoms with van der Waals surface area (Å²) >= 11 is 0. The van der Waals surface area contributed by atoms with Gasteiger partial charge in [-0.15, -0.1) is 0 Å². The predicted molar refractivity (Wildman–Crippen MR) is 158 cm³/mol. The van der Waals surface area contributed by atoms with Crippen LogP contribution in [0.15, 0.2) is 89.9 Å². The van der Waals surface area contributed by atoms with E-state index in [9.17, 15) is 27.6 Å². The molecule has 0 aromatic heterocycles. The average molecular weight is 615 g/mol. The monoisotopic (exact) mass is 614 g/mol. The van der Waals surface area contributed by atoms with Gasteiger partial charge in [0.2, 0.25) is 11.8 Å². The summed E-state index contributed by atoms with van der Waals surface area (Å²) in [6.07, 6.45) is -4.17. The number of benzene rings is 3. The number of amides is 3. The van der Waals surface area contributed by atoms with Crippen molar-refractivity contribution in [2.24, 2.45) is 22.2 Å². The van der Waals surface area contributed by atoms with Gasteiger partial charge in [-0.3, -0.25) is 19.4 Å². The number of aliphatic imine (C=N–C) groups is 1. The van der Waals surface area contributed by atoms with Crippen LogP contribution in [0.25, 0.3) is 11.1 Å². The molecule has 0 saturated carbocycles. The van der Waals surface area contributed by atoms with Crippen molar-refractivity contribution in [3.05, 3.63) is 96.1 Å². The van der Waals surface area contributed by atoms with Crippen LogP contribution in [-0.4, -0.2) is 59.6 Å². The standard InChI is InChI=1S/C28H32N6O3.C2HF3O2/c29-25(35)24(17-19-9-3-1-4-10-19)34-27(37)23(15-8-16-32-28(30)31)33-26(36)22-14-7-13-21(18-22)20-11-5-2-6-12-20;3-2(4,5)1(6)7/h1-7,9-14,18,23-24H,8,15-17H2,(H2,29,35)(H,33,36)(H,34,37)(H4,30,31,32);(H,6,7)/t23-,24-;/m0./s1. The van der Waals surface area contributed by atoms with Crippen LogP contribution in [0.3, 0.4) is 0 Å². The number of carboxylic acid groups (broad SMARTS) is 1. The molecule has 3 amide bonds. The Morgan fingerprint density at radius 3 is 1.91 bits per heavy atom. The molecule has 11 nitrogen and oxygen atoms in total. The fourth-order valence-corrected chi connectivity index (χ4v) is 3.83. The van der Waals surface area contributed by atoms with Gasteiger partial charge in [0.1, 0.15) is 12.1 Å². The Bertz CT molecular complexity index is 1430. The third-order valence-electron chi connectivity index (χ3n) is 5.98. The minimum atomic E-state index is -5.08. The van der Waals surface area contributed by atoms with Crippen molar-refractivity contribution in [1.82, 2.24) is 10.6 Å². The van der Waals surface area contributed by atoms with Crippen LogP contribution >= 0.6 is 0 Å². The molecule has 0 aliphatic rings. The smallest absolute Gasteiger partial charge is 0.475 e. The summed E-state index contributed by atoms with van der Waals surface area (Å²) in [7, 11) is 0. The van der Waals surface area contributed by atoms with Crippen molar-refractivity contribution in [3.63, 3.8) is 0 Å². The number of rotatable bonds is 12. The van der Waals surface area contributed by atoms with Crippen molar-refractivity contribution < 1.29 is 37.5 Å². The highest BCUT2D eigenvalue weighted by Crippen LogP contribution is 2.20. The first kappa shape index (κ1) is 34.8.